The molecule has 1 aromatic rings. The lowest BCUT2D eigenvalue weighted by Crippen LogP contribution is -2.09. The van der Waals surface area contributed by atoms with E-state index in [-0.39, 0.29) is 19.2 Å². The van der Waals surface area contributed by atoms with Gasteiger partial charge in [-0.05, 0) is 30.7 Å². The van der Waals surface area contributed by atoms with E-state index in [2.05, 4.69) is 0 Å². The maximum absolute atomic E-state index is 11.5. The number of aliphatic hydroxyl groups is 1. The van der Waals surface area contributed by atoms with E-state index in [1.54, 1.807) is 25.1 Å². The first-order valence-corrected chi connectivity index (χ1v) is 4.79. The number of aryl methyl sites for hydroxylation is 1. The van der Waals surface area contributed by atoms with Gasteiger partial charge in [-0.1, -0.05) is 0 Å². The van der Waals surface area contributed by atoms with Crippen LogP contribution in [-0.4, -0.2) is 24.3 Å². The summed E-state index contributed by atoms with van der Waals surface area (Å²) in [6, 6.07) is 5.03. The lowest BCUT2D eigenvalue weighted by molar-refractivity contribution is 0.0481. The van der Waals surface area contributed by atoms with Gasteiger partial charge in [-0.2, -0.15) is 0 Å². The Bertz CT molecular complexity index is 350. The molecule has 0 aliphatic heterocycles. The van der Waals surface area contributed by atoms with Gasteiger partial charge in [-0.25, -0.2) is 4.79 Å². The Morgan fingerprint density at radius 2 is 2.27 bits per heavy atom. The number of hydrogen-bond donors (Lipinski definition) is 2. The largest absolute Gasteiger partial charge is 0.462 e. The Balaban J connectivity index is 2.65. The van der Waals surface area contributed by atoms with Gasteiger partial charge in [0, 0.05) is 18.7 Å². The van der Waals surface area contributed by atoms with E-state index in [0.717, 1.165) is 5.56 Å². The van der Waals surface area contributed by atoms with Crippen LogP contribution >= 0.6 is 0 Å². The van der Waals surface area contributed by atoms with Gasteiger partial charge in [0.2, 0.25) is 0 Å². The summed E-state index contributed by atoms with van der Waals surface area (Å²) in [4.78, 5) is 11.5. The third-order valence-electron chi connectivity index (χ3n) is 2.01. The molecule has 3 N–H and O–H groups in total. The zero-order valence-corrected chi connectivity index (χ0v) is 8.69. The lowest BCUT2D eigenvalue weighted by atomic mass is 10.1. The number of aliphatic hydroxyl groups excluding tert-OH is 1. The number of carbonyl (C=O) groups is 1. The zero-order chi connectivity index (χ0) is 11.3. The van der Waals surface area contributed by atoms with E-state index in [1.807, 2.05) is 0 Å². The van der Waals surface area contributed by atoms with Crippen LogP contribution in [0.5, 0.6) is 0 Å². The van der Waals surface area contributed by atoms with Crippen molar-refractivity contribution in [3.8, 4) is 0 Å². The molecule has 0 heterocycles. The van der Waals surface area contributed by atoms with Gasteiger partial charge in [-0.3, -0.25) is 0 Å². The molecule has 0 saturated heterocycles. The summed E-state index contributed by atoms with van der Waals surface area (Å²) in [5.74, 6) is -0.374. The summed E-state index contributed by atoms with van der Waals surface area (Å²) in [5.41, 5.74) is 7.50. The second-order valence-electron chi connectivity index (χ2n) is 3.29. The average molecular weight is 209 g/mol. The number of ether oxygens (including phenoxy) is 1. The monoisotopic (exact) mass is 209 g/mol. The molecule has 0 aliphatic rings. The van der Waals surface area contributed by atoms with E-state index in [4.69, 9.17) is 15.6 Å². The highest BCUT2D eigenvalue weighted by atomic mass is 16.5. The molecule has 0 unspecified atom stereocenters. The van der Waals surface area contributed by atoms with Gasteiger partial charge in [0.1, 0.15) is 0 Å². The predicted molar refractivity (Wildman–Crippen MR) is 57.6 cm³/mol. The highest BCUT2D eigenvalue weighted by Crippen LogP contribution is 2.13. The highest BCUT2D eigenvalue weighted by molar-refractivity contribution is 5.91. The van der Waals surface area contributed by atoms with Crippen LogP contribution in [0.15, 0.2) is 18.2 Å². The summed E-state index contributed by atoms with van der Waals surface area (Å²) < 4.78 is 4.95. The fourth-order valence-corrected chi connectivity index (χ4v) is 1.22. The average Bonchev–Trinajstić information content (AvgIpc) is 2.17. The highest BCUT2D eigenvalue weighted by Gasteiger charge is 2.09. The second kappa shape index (κ2) is 5.36. The molecule has 0 saturated carbocycles. The number of benzene rings is 1. The van der Waals surface area contributed by atoms with Gasteiger partial charge in [-0.15, -0.1) is 0 Å². The van der Waals surface area contributed by atoms with Crippen LogP contribution in [0.25, 0.3) is 0 Å². The molecule has 82 valence electrons. The van der Waals surface area contributed by atoms with E-state index in [0.29, 0.717) is 17.7 Å². The molecule has 1 aromatic carbocycles. The van der Waals surface area contributed by atoms with Gasteiger partial charge < -0.3 is 15.6 Å². The van der Waals surface area contributed by atoms with Crippen LogP contribution in [-0.2, 0) is 4.74 Å². The lowest BCUT2D eigenvalue weighted by Gasteiger charge is -2.06. The number of rotatable bonds is 4. The molecule has 0 fully saturated rings. The van der Waals surface area contributed by atoms with Gasteiger partial charge in [0.15, 0.2) is 0 Å². The Labute approximate surface area is 88.7 Å². The SMILES string of the molecule is Cc1cc(N)ccc1C(=O)OCCCO. The van der Waals surface area contributed by atoms with Crippen LogP contribution < -0.4 is 5.73 Å². The van der Waals surface area contributed by atoms with Crippen LogP contribution in [0.1, 0.15) is 22.3 Å². The van der Waals surface area contributed by atoms with Crippen LogP contribution in [0.4, 0.5) is 5.69 Å². The van der Waals surface area contributed by atoms with Crippen molar-refractivity contribution < 1.29 is 14.6 Å². The van der Waals surface area contributed by atoms with Gasteiger partial charge in [0.05, 0.1) is 12.2 Å². The normalized spacial score (nSPS) is 10.0. The molecule has 0 radical (unpaired) electrons. The summed E-state index contributed by atoms with van der Waals surface area (Å²) in [6.07, 6.45) is 0.458. The van der Waals surface area contributed by atoms with Crippen LogP contribution in [0.2, 0.25) is 0 Å². The first kappa shape index (κ1) is 11.5. The van der Waals surface area contributed by atoms with Crippen molar-refractivity contribution in [1.29, 1.82) is 0 Å². The summed E-state index contributed by atoms with van der Waals surface area (Å²) in [6.45, 7) is 2.06. The van der Waals surface area contributed by atoms with Crippen molar-refractivity contribution in [2.24, 2.45) is 0 Å². The Hall–Kier alpha value is -1.55. The van der Waals surface area contributed by atoms with Crippen molar-refractivity contribution in [3.05, 3.63) is 29.3 Å². The number of nitrogen functional groups attached to an aromatic ring is 1. The summed E-state index contributed by atoms with van der Waals surface area (Å²) in [7, 11) is 0. The zero-order valence-electron chi connectivity index (χ0n) is 8.69. The van der Waals surface area contributed by atoms with Crippen molar-refractivity contribution in [1.82, 2.24) is 0 Å². The van der Waals surface area contributed by atoms with Crippen molar-refractivity contribution in [2.75, 3.05) is 18.9 Å². The molecule has 4 heteroatoms. The number of carbonyl (C=O) groups excluding carboxylic acids is 1. The predicted octanol–water partition coefficient (Wildman–Crippen LogP) is 1.12. The third-order valence-corrected chi connectivity index (χ3v) is 2.01. The third kappa shape index (κ3) is 3.25. The van der Waals surface area contributed by atoms with Gasteiger partial charge >= 0.3 is 5.97 Å². The van der Waals surface area contributed by atoms with E-state index in [9.17, 15) is 4.79 Å². The minimum atomic E-state index is -0.374. The van der Waals surface area contributed by atoms with Crippen molar-refractivity contribution >= 4 is 11.7 Å². The summed E-state index contributed by atoms with van der Waals surface area (Å²) >= 11 is 0. The molecule has 0 atom stereocenters. The van der Waals surface area contributed by atoms with E-state index in [1.165, 1.54) is 0 Å². The number of hydrogen-bond acceptors (Lipinski definition) is 4. The standard InChI is InChI=1S/C11H15NO3/c1-8-7-9(12)3-4-10(8)11(14)15-6-2-5-13/h3-4,7,13H,2,5-6,12H2,1H3. The second-order valence-corrected chi connectivity index (χ2v) is 3.29. The maximum Gasteiger partial charge on any atom is 0.338 e. The molecule has 0 aromatic heterocycles. The molecule has 0 aliphatic carbocycles. The molecule has 0 spiro atoms. The van der Waals surface area contributed by atoms with E-state index >= 15 is 0 Å². The molecule has 0 bridgehead atoms. The van der Waals surface area contributed by atoms with E-state index < -0.39 is 0 Å². The Morgan fingerprint density at radius 1 is 1.53 bits per heavy atom. The number of nitrogens with two attached hydrogens (primary N) is 1. The quantitative estimate of drug-likeness (QED) is 0.442. The molecular formula is C11H15NO3. The number of anilines is 1. The fourth-order valence-electron chi connectivity index (χ4n) is 1.22. The molecule has 1 rings (SSSR count). The Morgan fingerprint density at radius 3 is 2.87 bits per heavy atom. The maximum atomic E-state index is 11.5. The minimum absolute atomic E-state index is 0.0218. The molecular weight excluding hydrogens is 194 g/mol. The van der Waals surface area contributed by atoms with Crippen molar-refractivity contribution in [2.45, 2.75) is 13.3 Å². The minimum Gasteiger partial charge on any atom is -0.462 e. The van der Waals surface area contributed by atoms with Crippen LogP contribution in [0.3, 0.4) is 0 Å². The smallest absolute Gasteiger partial charge is 0.338 e. The van der Waals surface area contributed by atoms with Crippen LogP contribution in [0, 0.1) is 6.92 Å². The number of esters is 1. The first-order valence-electron chi connectivity index (χ1n) is 4.79. The molecule has 15 heavy (non-hydrogen) atoms. The van der Waals surface area contributed by atoms with Gasteiger partial charge in [0.25, 0.3) is 0 Å². The van der Waals surface area contributed by atoms with Crippen molar-refractivity contribution in [3.63, 3.8) is 0 Å². The first-order chi connectivity index (χ1) is 7.15. The topological polar surface area (TPSA) is 72.6 Å². The fraction of sp³-hybridized carbons (Fsp3) is 0.364. The molecule has 0 amide bonds. The molecule has 4 nitrogen and oxygen atoms in total. The summed E-state index contributed by atoms with van der Waals surface area (Å²) in [5, 5.41) is 8.53. The Kier molecular flexibility index (Phi) is 4.12.